The number of fused-ring (bicyclic) bond motifs is 1. The van der Waals surface area contributed by atoms with E-state index in [0.29, 0.717) is 35.4 Å². The van der Waals surface area contributed by atoms with Crippen molar-refractivity contribution in [3.8, 4) is 0 Å². The summed E-state index contributed by atoms with van der Waals surface area (Å²) >= 11 is 0. The number of alkyl halides is 3. The molecule has 0 radical (unpaired) electrons. The van der Waals surface area contributed by atoms with Crippen LogP contribution < -0.4 is 10.7 Å². The average molecular weight is 491 g/mol. The second kappa shape index (κ2) is 9.64. The van der Waals surface area contributed by atoms with Crippen molar-refractivity contribution in [1.29, 1.82) is 0 Å². The SMILES string of the molecule is CC(C)(CC(O)(CNc1ccc2[nH]ccc(=O)c2c1)C(F)(F)F)c1cccc(C2OCCCO2)c1. The fourth-order valence-corrected chi connectivity index (χ4v) is 4.41. The molecule has 6 nitrogen and oxygen atoms in total. The van der Waals surface area contributed by atoms with Crippen LogP contribution in [0, 0.1) is 0 Å². The molecule has 4 rings (SSSR count). The van der Waals surface area contributed by atoms with Crippen molar-refractivity contribution < 1.29 is 27.8 Å². The highest BCUT2D eigenvalue weighted by Crippen LogP contribution is 2.42. The quantitative estimate of drug-likeness (QED) is 0.432. The molecular formula is C26H29F3N2O4. The van der Waals surface area contributed by atoms with Gasteiger partial charge in [0.25, 0.3) is 0 Å². The van der Waals surface area contributed by atoms with Gasteiger partial charge in [-0.3, -0.25) is 4.79 Å². The molecule has 3 aromatic rings. The minimum Gasteiger partial charge on any atom is -0.382 e. The van der Waals surface area contributed by atoms with E-state index in [1.807, 2.05) is 6.07 Å². The summed E-state index contributed by atoms with van der Waals surface area (Å²) in [6, 6.07) is 13.1. The smallest absolute Gasteiger partial charge is 0.382 e. The van der Waals surface area contributed by atoms with E-state index in [0.717, 1.165) is 12.0 Å². The van der Waals surface area contributed by atoms with Crippen molar-refractivity contribution >= 4 is 16.6 Å². The van der Waals surface area contributed by atoms with Gasteiger partial charge < -0.3 is 24.9 Å². The van der Waals surface area contributed by atoms with Gasteiger partial charge in [-0.15, -0.1) is 0 Å². The normalized spacial score (nSPS) is 17.3. The van der Waals surface area contributed by atoms with Gasteiger partial charge in [0.15, 0.2) is 17.3 Å². The first-order chi connectivity index (χ1) is 16.5. The zero-order valence-electron chi connectivity index (χ0n) is 19.6. The van der Waals surface area contributed by atoms with Crippen LogP contribution in [-0.2, 0) is 14.9 Å². The summed E-state index contributed by atoms with van der Waals surface area (Å²) in [5.41, 5.74) is -2.07. The Labute approximate surface area is 201 Å². The number of anilines is 1. The van der Waals surface area contributed by atoms with Crippen LogP contribution in [0.3, 0.4) is 0 Å². The molecule has 1 aromatic heterocycles. The van der Waals surface area contributed by atoms with Gasteiger partial charge in [0, 0.05) is 34.4 Å². The predicted octanol–water partition coefficient (Wildman–Crippen LogP) is 5.04. The van der Waals surface area contributed by atoms with Gasteiger partial charge in [0.2, 0.25) is 0 Å². The van der Waals surface area contributed by atoms with E-state index in [4.69, 9.17) is 9.47 Å². The van der Waals surface area contributed by atoms with Gasteiger partial charge in [-0.05, 0) is 42.0 Å². The molecule has 9 heteroatoms. The number of ether oxygens (including phenoxy) is 2. The number of hydrogen-bond acceptors (Lipinski definition) is 5. The second-order valence-corrected chi connectivity index (χ2v) is 9.60. The lowest BCUT2D eigenvalue weighted by atomic mass is 9.74. The van der Waals surface area contributed by atoms with Crippen LogP contribution in [0.1, 0.15) is 44.1 Å². The number of pyridine rings is 1. The lowest BCUT2D eigenvalue weighted by molar-refractivity contribution is -0.260. The monoisotopic (exact) mass is 490 g/mol. The summed E-state index contributed by atoms with van der Waals surface area (Å²) in [6.07, 6.45) is -3.74. The third-order valence-corrected chi connectivity index (χ3v) is 6.37. The van der Waals surface area contributed by atoms with Gasteiger partial charge >= 0.3 is 6.18 Å². The summed E-state index contributed by atoms with van der Waals surface area (Å²) < 4.78 is 53.7. The molecule has 0 amide bonds. The standard InChI is InChI=1S/C26H29F3N2O4/c1-24(2,18-6-3-5-17(13-18)23-34-11-4-12-35-23)15-25(33,26(27,28)29)16-31-19-7-8-21-20(14-19)22(32)9-10-30-21/h3,5-10,13-14,23,31,33H,4,11-12,15-16H2,1-2H3,(H,30,32). The summed E-state index contributed by atoms with van der Waals surface area (Å²) in [4.78, 5) is 15.0. The van der Waals surface area contributed by atoms with E-state index in [9.17, 15) is 23.1 Å². The third-order valence-electron chi connectivity index (χ3n) is 6.37. The zero-order chi connectivity index (χ0) is 25.3. The fourth-order valence-electron chi connectivity index (χ4n) is 4.41. The molecule has 0 saturated carbocycles. The van der Waals surface area contributed by atoms with Gasteiger partial charge in [0.05, 0.1) is 19.8 Å². The number of nitrogens with one attached hydrogen (secondary N) is 2. The Morgan fingerprint density at radius 3 is 2.54 bits per heavy atom. The number of benzene rings is 2. The van der Waals surface area contributed by atoms with E-state index in [2.05, 4.69) is 10.3 Å². The minimum atomic E-state index is -4.89. The first-order valence-electron chi connectivity index (χ1n) is 11.5. The van der Waals surface area contributed by atoms with Crippen LogP contribution in [-0.4, -0.2) is 41.6 Å². The molecule has 1 fully saturated rings. The maximum absolute atomic E-state index is 14.2. The molecule has 1 atom stereocenters. The van der Waals surface area contributed by atoms with E-state index in [-0.39, 0.29) is 5.43 Å². The molecule has 1 aliphatic rings. The summed E-state index contributed by atoms with van der Waals surface area (Å²) in [6.45, 7) is 3.67. The largest absolute Gasteiger partial charge is 0.418 e. The van der Waals surface area contributed by atoms with E-state index >= 15 is 0 Å². The van der Waals surface area contributed by atoms with Gasteiger partial charge in [0.1, 0.15) is 0 Å². The molecule has 188 valence electrons. The maximum Gasteiger partial charge on any atom is 0.418 e. The summed E-state index contributed by atoms with van der Waals surface area (Å²) in [7, 11) is 0. The van der Waals surface area contributed by atoms with Gasteiger partial charge in [-0.2, -0.15) is 13.2 Å². The number of aromatic amines is 1. The highest BCUT2D eigenvalue weighted by Gasteiger charge is 2.55. The molecule has 35 heavy (non-hydrogen) atoms. The molecule has 0 bridgehead atoms. The van der Waals surface area contributed by atoms with Gasteiger partial charge in [-0.1, -0.05) is 38.1 Å². The van der Waals surface area contributed by atoms with E-state index in [1.54, 1.807) is 44.2 Å². The Balaban J connectivity index is 1.56. The summed E-state index contributed by atoms with van der Waals surface area (Å²) in [5, 5.41) is 13.9. The number of H-pyrrole nitrogens is 1. The molecule has 3 N–H and O–H groups in total. The Kier molecular flexibility index (Phi) is 6.95. The molecule has 1 aliphatic heterocycles. The number of halogens is 3. The van der Waals surface area contributed by atoms with Crippen LogP contribution in [0.5, 0.6) is 0 Å². The first kappa shape index (κ1) is 25.2. The van der Waals surface area contributed by atoms with Crippen LogP contribution >= 0.6 is 0 Å². The molecule has 0 aliphatic carbocycles. The van der Waals surface area contributed by atoms with Gasteiger partial charge in [-0.25, -0.2) is 0 Å². The van der Waals surface area contributed by atoms with Crippen LogP contribution in [0.25, 0.3) is 10.9 Å². The van der Waals surface area contributed by atoms with Crippen LogP contribution in [0.2, 0.25) is 0 Å². The van der Waals surface area contributed by atoms with Crippen molar-refractivity contribution in [2.75, 3.05) is 25.1 Å². The average Bonchev–Trinajstić information content (AvgIpc) is 2.83. The maximum atomic E-state index is 14.2. The predicted molar refractivity (Wildman–Crippen MR) is 127 cm³/mol. The van der Waals surface area contributed by atoms with Crippen molar-refractivity contribution in [2.45, 2.75) is 50.2 Å². The Bertz CT molecular complexity index is 1230. The van der Waals surface area contributed by atoms with Crippen molar-refractivity contribution in [1.82, 2.24) is 4.98 Å². The first-order valence-corrected chi connectivity index (χ1v) is 11.5. The minimum absolute atomic E-state index is 0.250. The lowest BCUT2D eigenvalue weighted by Gasteiger charge is -2.38. The second-order valence-electron chi connectivity index (χ2n) is 9.60. The Morgan fingerprint density at radius 1 is 1.09 bits per heavy atom. The van der Waals surface area contributed by atoms with Crippen molar-refractivity contribution in [3.05, 3.63) is 76.1 Å². The number of rotatable bonds is 7. The van der Waals surface area contributed by atoms with Crippen molar-refractivity contribution in [3.63, 3.8) is 0 Å². The van der Waals surface area contributed by atoms with Crippen molar-refractivity contribution in [2.24, 2.45) is 0 Å². The molecule has 0 spiro atoms. The Morgan fingerprint density at radius 2 is 1.83 bits per heavy atom. The fraction of sp³-hybridized carbons (Fsp3) is 0.423. The van der Waals surface area contributed by atoms with Crippen LogP contribution in [0.15, 0.2) is 59.5 Å². The highest BCUT2D eigenvalue weighted by atomic mass is 19.4. The zero-order valence-corrected chi connectivity index (χ0v) is 19.6. The third kappa shape index (κ3) is 5.52. The topological polar surface area (TPSA) is 83.6 Å². The Hall–Kier alpha value is -2.88. The molecule has 2 heterocycles. The van der Waals surface area contributed by atoms with E-state index in [1.165, 1.54) is 18.3 Å². The summed E-state index contributed by atoms with van der Waals surface area (Å²) in [5.74, 6) is 0. The number of aromatic nitrogens is 1. The highest BCUT2D eigenvalue weighted by molar-refractivity contribution is 5.81. The molecule has 2 aromatic carbocycles. The number of hydrogen-bond donors (Lipinski definition) is 3. The number of aliphatic hydroxyl groups is 1. The molecule has 1 saturated heterocycles. The van der Waals surface area contributed by atoms with E-state index < -0.39 is 36.4 Å². The van der Waals surface area contributed by atoms with Crippen LogP contribution in [0.4, 0.5) is 18.9 Å². The molecular weight excluding hydrogens is 461 g/mol. The lowest BCUT2D eigenvalue weighted by Crippen LogP contribution is -2.53. The molecule has 1 unspecified atom stereocenters.